The molecular formula is C15H25NO. The van der Waals surface area contributed by atoms with Gasteiger partial charge in [-0.15, -0.1) is 0 Å². The van der Waals surface area contributed by atoms with E-state index in [1.807, 2.05) is 25.1 Å². The van der Waals surface area contributed by atoms with Crippen LogP contribution in [-0.4, -0.2) is 10.6 Å². The number of phenolic OH excluding ortho intramolecular Hbond substituents is 1. The first-order valence-electron chi connectivity index (χ1n) is 6.61. The van der Waals surface area contributed by atoms with E-state index in [1.54, 1.807) is 0 Å². The Labute approximate surface area is 105 Å². The van der Waals surface area contributed by atoms with Gasteiger partial charge in [-0.1, -0.05) is 39.0 Å². The second kappa shape index (κ2) is 6.06. The molecule has 2 nitrogen and oxygen atoms in total. The highest BCUT2D eigenvalue weighted by Crippen LogP contribution is 2.24. The predicted octanol–water partition coefficient (Wildman–Crippen LogP) is 3.76. The van der Waals surface area contributed by atoms with Crippen molar-refractivity contribution >= 4 is 0 Å². The first-order chi connectivity index (χ1) is 8.08. The zero-order valence-electron chi connectivity index (χ0n) is 11.5. The molecule has 0 unspecified atom stereocenters. The zero-order chi connectivity index (χ0) is 12.9. The van der Waals surface area contributed by atoms with Crippen LogP contribution < -0.4 is 5.32 Å². The Bertz CT molecular complexity index is 348. The first kappa shape index (κ1) is 14.0. The van der Waals surface area contributed by atoms with Crippen LogP contribution in [0.5, 0.6) is 5.75 Å². The maximum absolute atomic E-state index is 9.97. The fraction of sp³-hybridized carbons (Fsp3) is 0.600. The molecule has 0 heterocycles. The standard InChI is InChI=1S/C15H25NO/c1-5-15(6-2,7-3)16-11-13-10-8-9-12(4)14(13)17/h8-10,16-17H,5-7,11H2,1-4H3. The second-order valence-electron chi connectivity index (χ2n) is 4.78. The summed E-state index contributed by atoms with van der Waals surface area (Å²) in [5, 5.41) is 13.6. The number of hydrogen-bond donors (Lipinski definition) is 2. The highest BCUT2D eigenvalue weighted by molar-refractivity contribution is 5.39. The zero-order valence-corrected chi connectivity index (χ0v) is 11.5. The number of aryl methyl sites for hydroxylation is 1. The Balaban J connectivity index is 2.75. The van der Waals surface area contributed by atoms with Crippen molar-refractivity contribution in [3.63, 3.8) is 0 Å². The number of para-hydroxylation sites is 1. The third kappa shape index (κ3) is 3.22. The van der Waals surface area contributed by atoms with Gasteiger partial charge in [0.25, 0.3) is 0 Å². The van der Waals surface area contributed by atoms with Crippen molar-refractivity contribution in [2.45, 2.75) is 59.0 Å². The molecule has 1 rings (SSSR count). The van der Waals surface area contributed by atoms with Crippen LogP contribution in [0.25, 0.3) is 0 Å². The minimum Gasteiger partial charge on any atom is -0.507 e. The van der Waals surface area contributed by atoms with Gasteiger partial charge in [-0.2, -0.15) is 0 Å². The summed E-state index contributed by atoms with van der Waals surface area (Å²) in [6.07, 6.45) is 3.35. The summed E-state index contributed by atoms with van der Waals surface area (Å²) in [5.41, 5.74) is 2.14. The topological polar surface area (TPSA) is 32.3 Å². The molecule has 0 fully saturated rings. The van der Waals surface area contributed by atoms with Gasteiger partial charge in [-0.3, -0.25) is 0 Å². The number of benzene rings is 1. The van der Waals surface area contributed by atoms with Gasteiger partial charge >= 0.3 is 0 Å². The fourth-order valence-corrected chi connectivity index (χ4v) is 2.27. The van der Waals surface area contributed by atoms with Gasteiger partial charge < -0.3 is 10.4 Å². The third-order valence-electron chi connectivity index (χ3n) is 4.01. The molecule has 1 aromatic carbocycles. The fourth-order valence-electron chi connectivity index (χ4n) is 2.27. The van der Waals surface area contributed by atoms with E-state index < -0.39 is 0 Å². The smallest absolute Gasteiger partial charge is 0.122 e. The normalized spacial score (nSPS) is 11.8. The lowest BCUT2D eigenvalue weighted by Gasteiger charge is -2.32. The number of rotatable bonds is 6. The Morgan fingerprint density at radius 2 is 1.71 bits per heavy atom. The second-order valence-corrected chi connectivity index (χ2v) is 4.78. The van der Waals surface area contributed by atoms with Crippen LogP contribution in [-0.2, 0) is 6.54 Å². The van der Waals surface area contributed by atoms with Crippen LogP contribution in [0.3, 0.4) is 0 Å². The van der Waals surface area contributed by atoms with Crippen molar-refractivity contribution in [1.82, 2.24) is 5.32 Å². The van der Waals surface area contributed by atoms with Gasteiger partial charge in [0.15, 0.2) is 0 Å². The molecule has 0 aliphatic rings. The van der Waals surface area contributed by atoms with E-state index in [4.69, 9.17) is 0 Å². The summed E-state index contributed by atoms with van der Waals surface area (Å²) >= 11 is 0. The number of nitrogens with one attached hydrogen (secondary N) is 1. The molecule has 17 heavy (non-hydrogen) atoms. The van der Waals surface area contributed by atoms with Crippen molar-refractivity contribution in [3.05, 3.63) is 29.3 Å². The molecule has 0 amide bonds. The summed E-state index contributed by atoms with van der Waals surface area (Å²) in [4.78, 5) is 0. The van der Waals surface area contributed by atoms with Crippen LogP contribution in [0, 0.1) is 6.92 Å². The van der Waals surface area contributed by atoms with Crippen LogP contribution >= 0.6 is 0 Å². The van der Waals surface area contributed by atoms with Crippen molar-refractivity contribution in [2.24, 2.45) is 0 Å². The molecule has 0 bridgehead atoms. The lowest BCUT2D eigenvalue weighted by atomic mass is 9.89. The van der Waals surface area contributed by atoms with Gasteiger partial charge in [0.2, 0.25) is 0 Å². The molecule has 0 aliphatic heterocycles. The van der Waals surface area contributed by atoms with E-state index in [9.17, 15) is 5.11 Å². The number of phenols is 1. The van der Waals surface area contributed by atoms with Crippen LogP contribution in [0.2, 0.25) is 0 Å². The summed E-state index contributed by atoms with van der Waals surface area (Å²) in [6.45, 7) is 9.33. The van der Waals surface area contributed by atoms with Crippen LogP contribution in [0.1, 0.15) is 51.2 Å². The summed E-state index contributed by atoms with van der Waals surface area (Å²) in [5.74, 6) is 0.428. The van der Waals surface area contributed by atoms with Crippen LogP contribution in [0.4, 0.5) is 0 Å². The van der Waals surface area contributed by atoms with E-state index in [-0.39, 0.29) is 5.54 Å². The van der Waals surface area contributed by atoms with Crippen molar-refractivity contribution in [1.29, 1.82) is 0 Å². The maximum Gasteiger partial charge on any atom is 0.122 e. The Kier molecular flexibility index (Phi) is 5.01. The first-order valence-corrected chi connectivity index (χ1v) is 6.61. The summed E-state index contributed by atoms with van der Waals surface area (Å²) in [6, 6.07) is 5.92. The molecule has 0 saturated heterocycles. The Morgan fingerprint density at radius 1 is 1.12 bits per heavy atom. The molecule has 0 atom stereocenters. The van der Waals surface area contributed by atoms with Crippen molar-refractivity contribution in [3.8, 4) is 5.75 Å². The highest BCUT2D eigenvalue weighted by Gasteiger charge is 2.22. The maximum atomic E-state index is 9.97. The largest absolute Gasteiger partial charge is 0.507 e. The van der Waals surface area contributed by atoms with Gasteiger partial charge in [-0.25, -0.2) is 0 Å². The quantitative estimate of drug-likeness (QED) is 0.787. The van der Waals surface area contributed by atoms with Gasteiger partial charge in [0, 0.05) is 17.6 Å². The van der Waals surface area contributed by atoms with E-state index >= 15 is 0 Å². The SMILES string of the molecule is CCC(CC)(CC)NCc1cccc(C)c1O. The van der Waals surface area contributed by atoms with Crippen molar-refractivity contribution in [2.75, 3.05) is 0 Å². The molecule has 0 aromatic heterocycles. The summed E-state index contributed by atoms with van der Waals surface area (Å²) in [7, 11) is 0. The minimum atomic E-state index is 0.205. The molecule has 2 heteroatoms. The molecular weight excluding hydrogens is 210 g/mol. The lowest BCUT2D eigenvalue weighted by Crippen LogP contribution is -2.43. The minimum absolute atomic E-state index is 0.205. The molecule has 2 N–H and O–H groups in total. The molecule has 96 valence electrons. The van der Waals surface area contributed by atoms with Gasteiger partial charge in [0.05, 0.1) is 0 Å². The molecule has 0 radical (unpaired) electrons. The molecule has 0 aliphatic carbocycles. The van der Waals surface area contributed by atoms with E-state index in [1.165, 1.54) is 0 Å². The van der Waals surface area contributed by atoms with E-state index in [0.717, 1.165) is 36.9 Å². The van der Waals surface area contributed by atoms with E-state index in [2.05, 4.69) is 26.1 Å². The number of hydrogen-bond acceptors (Lipinski definition) is 2. The lowest BCUT2D eigenvalue weighted by molar-refractivity contribution is 0.286. The third-order valence-corrected chi connectivity index (χ3v) is 4.01. The average Bonchev–Trinajstić information content (AvgIpc) is 2.36. The number of aromatic hydroxyl groups is 1. The highest BCUT2D eigenvalue weighted by atomic mass is 16.3. The van der Waals surface area contributed by atoms with Gasteiger partial charge in [0.1, 0.15) is 5.75 Å². The average molecular weight is 235 g/mol. The molecule has 0 spiro atoms. The van der Waals surface area contributed by atoms with Crippen molar-refractivity contribution < 1.29 is 5.11 Å². The Morgan fingerprint density at radius 3 is 2.24 bits per heavy atom. The summed E-state index contributed by atoms with van der Waals surface area (Å²) < 4.78 is 0. The predicted molar refractivity (Wildman–Crippen MR) is 73.3 cm³/mol. The Hall–Kier alpha value is -1.02. The van der Waals surface area contributed by atoms with Crippen LogP contribution in [0.15, 0.2) is 18.2 Å². The van der Waals surface area contributed by atoms with E-state index in [0.29, 0.717) is 5.75 Å². The molecule has 1 aromatic rings. The molecule has 0 saturated carbocycles. The van der Waals surface area contributed by atoms with Gasteiger partial charge in [-0.05, 0) is 31.7 Å². The monoisotopic (exact) mass is 235 g/mol.